The number of carbonyl (C=O) groups excluding carboxylic acids is 1. The summed E-state index contributed by atoms with van der Waals surface area (Å²) in [6.07, 6.45) is 7.28. The van der Waals surface area contributed by atoms with Crippen LogP contribution in [-0.2, 0) is 0 Å². The predicted molar refractivity (Wildman–Crippen MR) is 51.6 cm³/mol. The van der Waals surface area contributed by atoms with Gasteiger partial charge in [0.05, 0.1) is 0 Å². The first kappa shape index (κ1) is 8.85. The van der Waals surface area contributed by atoms with E-state index in [0.29, 0.717) is 12.1 Å². The number of hydrogen-bond acceptors (Lipinski definition) is 1. The van der Waals surface area contributed by atoms with Gasteiger partial charge < -0.3 is 10.2 Å². The van der Waals surface area contributed by atoms with Gasteiger partial charge in [0.25, 0.3) is 0 Å². The van der Waals surface area contributed by atoms with Crippen LogP contribution < -0.4 is 5.32 Å². The van der Waals surface area contributed by atoms with Gasteiger partial charge in [-0.15, -0.1) is 0 Å². The van der Waals surface area contributed by atoms with E-state index in [0.717, 1.165) is 0 Å². The van der Waals surface area contributed by atoms with Gasteiger partial charge >= 0.3 is 6.03 Å². The molecular formula is C10H18N2O. The summed E-state index contributed by atoms with van der Waals surface area (Å²) in [6.45, 7) is 0. The lowest BCUT2D eigenvalue weighted by atomic mass is 9.91. The van der Waals surface area contributed by atoms with Gasteiger partial charge in [0.1, 0.15) is 0 Å². The van der Waals surface area contributed by atoms with Gasteiger partial charge in [-0.25, -0.2) is 4.79 Å². The Morgan fingerprint density at radius 1 is 1.23 bits per heavy atom. The Balaban J connectivity index is 1.74. The van der Waals surface area contributed by atoms with Gasteiger partial charge in [-0.1, -0.05) is 0 Å². The molecule has 2 rings (SSSR count). The van der Waals surface area contributed by atoms with Crippen LogP contribution in [0.15, 0.2) is 0 Å². The molecular weight excluding hydrogens is 164 g/mol. The maximum atomic E-state index is 11.6. The van der Waals surface area contributed by atoms with E-state index in [2.05, 4.69) is 5.32 Å². The first-order valence-electron chi connectivity index (χ1n) is 5.30. The molecule has 0 aliphatic heterocycles. The van der Waals surface area contributed by atoms with Crippen molar-refractivity contribution in [1.82, 2.24) is 10.2 Å². The Morgan fingerprint density at radius 3 is 2.23 bits per heavy atom. The van der Waals surface area contributed by atoms with E-state index in [1.165, 1.54) is 38.5 Å². The lowest BCUT2D eigenvalue weighted by Gasteiger charge is -2.37. The van der Waals surface area contributed by atoms with Gasteiger partial charge in [0.2, 0.25) is 0 Å². The minimum absolute atomic E-state index is 0.134. The van der Waals surface area contributed by atoms with Crippen LogP contribution >= 0.6 is 0 Å². The molecule has 1 N–H and O–H groups in total. The molecule has 13 heavy (non-hydrogen) atoms. The molecule has 0 aromatic heterocycles. The van der Waals surface area contributed by atoms with E-state index in [4.69, 9.17) is 0 Å². The molecule has 0 spiro atoms. The Hall–Kier alpha value is -0.730. The first-order chi connectivity index (χ1) is 6.27. The van der Waals surface area contributed by atoms with Gasteiger partial charge in [-0.2, -0.15) is 0 Å². The van der Waals surface area contributed by atoms with Gasteiger partial charge in [-0.3, -0.25) is 0 Å². The van der Waals surface area contributed by atoms with Gasteiger partial charge in [-0.05, 0) is 38.5 Å². The van der Waals surface area contributed by atoms with Crippen LogP contribution in [-0.4, -0.2) is 30.1 Å². The first-order valence-corrected chi connectivity index (χ1v) is 5.30. The molecule has 2 saturated carbocycles. The summed E-state index contributed by atoms with van der Waals surface area (Å²) in [5.74, 6) is 0. The van der Waals surface area contributed by atoms with Crippen LogP contribution in [0.25, 0.3) is 0 Å². The molecule has 0 bridgehead atoms. The largest absolute Gasteiger partial charge is 0.335 e. The number of hydrogen-bond donors (Lipinski definition) is 1. The van der Waals surface area contributed by atoms with E-state index in [1.54, 1.807) is 0 Å². The van der Waals surface area contributed by atoms with Crippen molar-refractivity contribution in [3.63, 3.8) is 0 Å². The van der Waals surface area contributed by atoms with Gasteiger partial charge in [0, 0.05) is 19.1 Å². The second-order valence-electron chi connectivity index (χ2n) is 4.27. The van der Waals surface area contributed by atoms with Crippen molar-refractivity contribution in [2.75, 3.05) is 7.05 Å². The number of amides is 2. The third-order valence-corrected chi connectivity index (χ3v) is 3.38. The minimum Gasteiger partial charge on any atom is -0.335 e. The zero-order valence-electron chi connectivity index (χ0n) is 8.25. The molecule has 0 radical (unpaired) electrons. The summed E-state index contributed by atoms with van der Waals surface area (Å²) < 4.78 is 0. The summed E-state index contributed by atoms with van der Waals surface area (Å²) in [5, 5.41) is 3.05. The molecule has 2 amide bonds. The fourth-order valence-corrected chi connectivity index (χ4v) is 1.77. The van der Waals surface area contributed by atoms with E-state index in [9.17, 15) is 4.79 Å². The normalized spacial score (nSPS) is 23.2. The molecule has 2 fully saturated rings. The maximum absolute atomic E-state index is 11.6. The Kier molecular flexibility index (Phi) is 2.42. The second-order valence-corrected chi connectivity index (χ2v) is 4.27. The fourth-order valence-electron chi connectivity index (χ4n) is 1.77. The second kappa shape index (κ2) is 3.56. The minimum atomic E-state index is 0.134. The monoisotopic (exact) mass is 182 g/mol. The molecule has 0 heterocycles. The van der Waals surface area contributed by atoms with E-state index < -0.39 is 0 Å². The van der Waals surface area contributed by atoms with Crippen LogP contribution in [0.4, 0.5) is 4.79 Å². The highest BCUT2D eigenvalue weighted by molar-refractivity contribution is 5.74. The molecule has 2 aliphatic carbocycles. The fraction of sp³-hybridized carbons (Fsp3) is 0.900. The van der Waals surface area contributed by atoms with Crippen molar-refractivity contribution in [3.05, 3.63) is 0 Å². The third-order valence-electron chi connectivity index (χ3n) is 3.38. The summed E-state index contributed by atoms with van der Waals surface area (Å²) in [7, 11) is 1.91. The molecule has 74 valence electrons. The van der Waals surface area contributed by atoms with Crippen molar-refractivity contribution in [3.8, 4) is 0 Å². The highest BCUT2D eigenvalue weighted by atomic mass is 16.2. The molecule has 3 nitrogen and oxygen atoms in total. The quantitative estimate of drug-likeness (QED) is 0.693. The summed E-state index contributed by atoms with van der Waals surface area (Å²) in [4.78, 5) is 13.5. The Labute approximate surface area is 79.5 Å². The summed E-state index contributed by atoms with van der Waals surface area (Å²) in [5.41, 5.74) is 0. The van der Waals surface area contributed by atoms with Crippen LogP contribution in [0, 0.1) is 0 Å². The SMILES string of the molecule is CN(C(=O)NC1CCC1)C1CCC1. The number of nitrogens with one attached hydrogen (secondary N) is 1. The van der Waals surface area contributed by atoms with E-state index in [-0.39, 0.29) is 6.03 Å². The van der Waals surface area contributed by atoms with Crippen LogP contribution in [0.1, 0.15) is 38.5 Å². The Bertz CT molecular complexity index is 197. The Morgan fingerprint density at radius 2 is 1.85 bits per heavy atom. The number of nitrogens with zero attached hydrogens (tertiary/aromatic N) is 1. The van der Waals surface area contributed by atoms with Gasteiger partial charge in [0.15, 0.2) is 0 Å². The summed E-state index contributed by atoms with van der Waals surface area (Å²) in [6, 6.07) is 1.12. The standard InChI is InChI=1S/C10H18N2O/c1-12(9-6-3-7-9)10(13)11-8-4-2-5-8/h8-9H,2-7H2,1H3,(H,11,13). The molecule has 0 aromatic carbocycles. The van der Waals surface area contributed by atoms with E-state index in [1.807, 2.05) is 11.9 Å². The number of rotatable bonds is 2. The molecule has 2 aliphatic rings. The van der Waals surface area contributed by atoms with Crippen molar-refractivity contribution in [2.24, 2.45) is 0 Å². The molecule has 0 aromatic rings. The number of carbonyl (C=O) groups is 1. The van der Waals surface area contributed by atoms with Crippen molar-refractivity contribution in [1.29, 1.82) is 0 Å². The topological polar surface area (TPSA) is 32.3 Å². The summed E-state index contributed by atoms with van der Waals surface area (Å²) >= 11 is 0. The maximum Gasteiger partial charge on any atom is 0.317 e. The highest BCUT2D eigenvalue weighted by Crippen LogP contribution is 2.24. The molecule has 0 atom stereocenters. The van der Waals surface area contributed by atoms with E-state index >= 15 is 0 Å². The smallest absolute Gasteiger partial charge is 0.317 e. The molecule has 3 heteroatoms. The third kappa shape index (κ3) is 1.79. The average Bonchev–Trinajstić information content (AvgIpc) is 1.92. The van der Waals surface area contributed by atoms with Crippen LogP contribution in [0.3, 0.4) is 0 Å². The lowest BCUT2D eigenvalue weighted by Crippen LogP contribution is -2.50. The highest BCUT2D eigenvalue weighted by Gasteiger charge is 2.27. The number of urea groups is 1. The molecule has 0 saturated heterocycles. The van der Waals surface area contributed by atoms with Crippen molar-refractivity contribution in [2.45, 2.75) is 50.6 Å². The lowest BCUT2D eigenvalue weighted by molar-refractivity contribution is 0.150. The molecule has 0 unspecified atom stereocenters. The van der Waals surface area contributed by atoms with Crippen LogP contribution in [0.2, 0.25) is 0 Å². The zero-order chi connectivity index (χ0) is 9.26. The predicted octanol–water partition coefficient (Wildman–Crippen LogP) is 1.73. The van der Waals surface area contributed by atoms with Crippen molar-refractivity contribution >= 4 is 6.03 Å². The zero-order valence-corrected chi connectivity index (χ0v) is 8.25. The average molecular weight is 182 g/mol. The van der Waals surface area contributed by atoms with Crippen molar-refractivity contribution < 1.29 is 4.79 Å². The van der Waals surface area contributed by atoms with Crippen LogP contribution in [0.5, 0.6) is 0 Å².